The third kappa shape index (κ3) is 3.62. The van der Waals surface area contributed by atoms with Crippen molar-refractivity contribution in [2.75, 3.05) is 6.61 Å². The van der Waals surface area contributed by atoms with Crippen molar-refractivity contribution in [3.63, 3.8) is 0 Å². The van der Waals surface area contributed by atoms with Crippen molar-refractivity contribution in [2.24, 2.45) is 0 Å². The molecule has 0 aliphatic heterocycles. The smallest absolute Gasteiger partial charge is 0.284 e. The van der Waals surface area contributed by atoms with Gasteiger partial charge in [-0.1, -0.05) is 11.6 Å². The van der Waals surface area contributed by atoms with Crippen molar-refractivity contribution >= 4 is 39.7 Å². The summed E-state index contributed by atoms with van der Waals surface area (Å²) in [4.78, 5) is 0.299. The first-order chi connectivity index (χ1) is 9.49. The monoisotopic (exact) mass is 376 g/mol. The summed E-state index contributed by atoms with van der Waals surface area (Å²) in [7, 11) is 0. The number of nitrogens with one attached hydrogen (secondary N) is 1. The molecule has 1 aromatic heterocycles. The first-order valence-electron chi connectivity index (χ1n) is 6.11. The van der Waals surface area contributed by atoms with Crippen molar-refractivity contribution in [2.45, 2.75) is 26.7 Å². The van der Waals surface area contributed by atoms with Crippen molar-refractivity contribution in [1.29, 1.82) is 0 Å². The molecule has 0 radical (unpaired) electrons. The molecule has 0 unspecified atom stereocenters. The third-order valence-corrected chi connectivity index (χ3v) is 4.59. The fourth-order valence-corrected chi connectivity index (χ4v) is 2.61. The fourth-order valence-electron chi connectivity index (χ4n) is 1.78. The van der Waals surface area contributed by atoms with Gasteiger partial charge in [0.05, 0.1) is 11.1 Å². The van der Waals surface area contributed by atoms with Crippen molar-refractivity contribution < 1.29 is 9.15 Å². The lowest BCUT2D eigenvalue weighted by molar-refractivity contribution is 0.302. The second-order valence-corrected chi connectivity index (χ2v) is 5.95. The van der Waals surface area contributed by atoms with Crippen molar-refractivity contribution in [3.8, 4) is 5.75 Å². The van der Waals surface area contributed by atoms with E-state index in [1.807, 2.05) is 19.9 Å². The molecule has 0 atom stereocenters. The fraction of sp³-hybridized carbons (Fsp3) is 0.385. The second-order valence-electron chi connectivity index (χ2n) is 4.40. The summed E-state index contributed by atoms with van der Waals surface area (Å²) in [6.45, 7) is 4.48. The van der Waals surface area contributed by atoms with Crippen LogP contribution in [0.5, 0.6) is 5.75 Å². The zero-order valence-electron chi connectivity index (χ0n) is 11.1. The average molecular weight is 378 g/mol. The van der Waals surface area contributed by atoms with Gasteiger partial charge in [-0.05, 0) is 65.6 Å². The Kier molecular flexibility index (Phi) is 5.23. The van der Waals surface area contributed by atoms with E-state index in [0.717, 1.165) is 32.8 Å². The standard InChI is InChI=1S/C13H14BrClN2O2S/c1-7-6-9(11(14)8(2)12(7)15)18-5-3-4-10-16-17-13(20)19-10/h6H,3-5H2,1-2H3,(H,17,20). The molecule has 7 heteroatoms. The molecule has 20 heavy (non-hydrogen) atoms. The molecule has 0 aliphatic carbocycles. The van der Waals surface area contributed by atoms with E-state index >= 15 is 0 Å². The molecule has 0 spiro atoms. The van der Waals surface area contributed by atoms with Crippen LogP contribution in [0.4, 0.5) is 0 Å². The Bertz CT molecular complexity index is 669. The Morgan fingerprint density at radius 2 is 2.25 bits per heavy atom. The van der Waals surface area contributed by atoms with Crippen LogP contribution in [0, 0.1) is 18.7 Å². The maximum Gasteiger partial charge on any atom is 0.284 e. The molecular formula is C13H14BrClN2O2S. The molecule has 0 saturated heterocycles. The summed E-state index contributed by atoms with van der Waals surface area (Å²) >= 11 is 14.5. The molecule has 2 aromatic rings. The highest BCUT2D eigenvalue weighted by molar-refractivity contribution is 9.10. The van der Waals surface area contributed by atoms with Gasteiger partial charge in [0, 0.05) is 11.4 Å². The zero-order valence-corrected chi connectivity index (χ0v) is 14.3. The van der Waals surface area contributed by atoms with E-state index in [4.69, 9.17) is 33.0 Å². The van der Waals surface area contributed by atoms with Crippen LogP contribution >= 0.6 is 39.7 Å². The minimum Gasteiger partial charge on any atom is -0.492 e. The van der Waals surface area contributed by atoms with Gasteiger partial charge in [0.15, 0.2) is 0 Å². The maximum atomic E-state index is 6.18. The lowest BCUT2D eigenvalue weighted by atomic mass is 10.1. The number of hydrogen-bond acceptors (Lipinski definition) is 4. The number of nitrogens with zero attached hydrogens (tertiary/aromatic N) is 1. The summed E-state index contributed by atoms with van der Waals surface area (Å²) in [5.41, 5.74) is 1.99. The van der Waals surface area contributed by atoms with E-state index in [0.29, 0.717) is 23.8 Å². The number of aryl methyl sites for hydroxylation is 2. The minimum atomic E-state index is 0.299. The van der Waals surface area contributed by atoms with E-state index < -0.39 is 0 Å². The van der Waals surface area contributed by atoms with Gasteiger partial charge in [-0.15, -0.1) is 5.10 Å². The molecular weight excluding hydrogens is 364 g/mol. The van der Waals surface area contributed by atoms with Gasteiger partial charge in [0.1, 0.15) is 5.75 Å². The first-order valence-corrected chi connectivity index (χ1v) is 7.69. The van der Waals surface area contributed by atoms with E-state index in [2.05, 4.69) is 26.1 Å². The van der Waals surface area contributed by atoms with E-state index in [9.17, 15) is 0 Å². The molecule has 0 bridgehead atoms. The second kappa shape index (κ2) is 6.74. The number of hydrogen-bond donors (Lipinski definition) is 1. The first kappa shape index (κ1) is 15.5. The van der Waals surface area contributed by atoms with Crippen LogP contribution in [0.25, 0.3) is 0 Å². The van der Waals surface area contributed by atoms with Crippen LogP contribution in [0.3, 0.4) is 0 Å². The molecule has 4 nitrogen and oxygen atoms in total. The molecule has 0 saturated carbocycles. The van der Waals surface area contributed by atoms with E-state index in [1.54, 1.807) is 0 Å². The Morgan fingerprint density at radius 1 is 1.50 bits per heavy atom. The van der Waals surface area contributed by atoms with Crippen LogP contribution < -0.4 is 4.74 Å². The van der Waals surface area contributed by atoms with Gasteiger partial charge in [0.25, 0.3) is 4.84 Å². The molecule has 0 amide bonds. The zero-order chi connectivity index (χ0) is 14.7. The molecule has 108 valence electrons. The Morgan fingerprint density at radius 3 is 2.90 bits per heavy atom. The quantitative estimate of drug-likeness (QED) is 0.602. The number of aromatic amines is 1. The van der Waals surface area contributed by atoms with Gasteiger partial charge in [-0.2, -0.15) is 0 Å². The highest BCUT2D eigenvalue weighted by atomic mass is 79.9. The van der Waals surface area contributed by atoms with Crippen LogP contribution in [0.15, 0.2) is 15.0 Å². The number of halogens is 2. The lowest BCUT2D eigenvalue weighted by Gasteiger charge is -2.12. The Labute approximate surface area is 135 Å². The van der Waals surface area contributed by atoms with Gasteiger partial charge in [-0.3, -0.25) is 0 Å². The number of aromatic nitrogens is 2. The Hall–Kier alpha value is -0.850. The van der Waals surface area contributed by atoms with Crippen LogP contribution in [0.2, 0.25) is 5.02 Å². The molecule has 0 aliphatic rings. The predicted octanol–water partition coefficient (Wildman–Crippen LogP) is 4.78. The van der Waals surface area contributed by atoms with Crippen LogP contribution in [0.1, 0.15) is 23.4 Å². The van der Waals surface area contributed by atoms with E-state index in [-0.39, 0.29) is 0 Å². The van der Waals surface area contributed by atoms with E-state index in [1.165, 1.54) is 0 Å². The lowest BCUT2D eigenvalue weighted by Crippen LogP contribution is -2.01. The van der Waals surface area contributed by atoms with Crippen molar-refractivity contribution in [3.05, 3.63) is 37.4 Å². The van der Waals surface area contributed by atoms with Crippen LogP contribution in [-0.4, -0.2) is 16.8 Å². The molecule has 1 N–H and O–H groups in total. The molecule has 2 rings (SSSR count). The summed E-state index contributed by atoms with van der Waals surface area (Å²) in [5, 5.41) is 7.29. The molecule has 1 heterocycles. The topological polar surface area (TPSA) is 51.0 Å². The third-order valence-electron chi connectivity index (χ3n) is 2.84. The SMILES string of the molecule is Cc1cc(OCCCc2n[nH]c(=S)o2)c(Br)c(C)c1Cl. The van der Waals surface area contributed by atoms with Crippen molar-refractivity contribution in [1.82, 2.24) is 10.2 Å². The van der Waals surface area contributed by atoms with Gasteiger partial charge in [-0.25, -0.2) is 5.10 Å². The summed E-state index contributed by atoms with van der Waals surface area (Å²) < 4.78 is 11.8. The van der Waals surface area contributed by atoms with Gasteiger partial charge in [0.2, 0.25) is 5.89 Å². The van der Waals surface area contributed by atoms with Crippen LogP contribution in [-0.2, 0) is 6.42 Å². The minimum absolute atomic E-state index is 0.299. The maximum absolute atomic E-state index is 6.18. The van der Waals surface area contributed by atoms with Gasteiger partial charge >= 0.3 is 0 Å². The normalized spacial score (nSPS) is 10.8. The summed E-state index contributed by atoms with van der Waals surface area (Å²) in [5.74, 6) is 1.40. The molecule has 1 aromatic carbocycles. The molecule has 0 fully saturated rings. The number of rotatable bonds is 5. The number of benzene rings is 1. The highest BCUT2D eigenvalue weighted by Gasteiger charge is 2.11. The largest absolute Gasteiger partial charge is 0.492 e. The highest BCUT2D eigenvalue weighted by Crippen LogP contribution is 2.35. The summed E-state index contributed by atoms with van der Waals surface area (Å²) in [6.07, 6.45) is 1.46. The number of ether oxygens (including phenoxy) is 1. The Balaban J connectivity index is 1.93. The average Bonchev–Trinajstić information content (AvgIpc) is 2.83. The van der Waals surface area contributed by atoms with Gasteiger partial charge < -0.3 is 9.15 Å². The predicted molar refractivity (Wildman–Crippen MR) is 84.1 cm³/mol. The summed E-state index contributed by atoms with van der Waals surface area (Å²) in [6, 6.07) is 1.93. The number of H-pyrrole nitrogens is 1.